The van der Waals surface area contributed by atoms with Crippen molar-refractivity contribution in [3.8, 4) is 0 Å². The van der Waals surface area contributed by atoms with Crippen molar-refractivity contribution in [2.24, 2.45) is 5.92 Å². The number of carbonyl (C=O) groups excluding carboxylic acids is 1. The minimum Gasteiger partial charge on any atom is -0.353 e. The summed E-state index contributed by atoms with van der Waals surface area (Å²) in [7, 11) is 0. The van der Waals surface area contributed by atoms with Gasteiger partial charge in [-0.25, -0.2) is 0 Å². The second-order valence-electron chi connectivity index (χ2n) is 6.23. The highest BCUT2D eigenvalue weighted by molar-refractivity contribution is 5.76. The largest absolute Gasteiger partial charge is 0.353 e. The number of nitrogens with one attached hydrogen (secondary N) is 1. The molecule has 0 radical (unpaired) electrons. The lowest BCUT2D eigenvalue weighted by molar-refractivity contribution is -0.122. The maximum absolute atomic E-state index is 12.2. The van der Waals surface area contributed by atoms with Gasteiger partial charge in [0.15, 0.2) is 0 Å². The number of hydrogen-bond donors (Lipinski definition) is 1. The Morgan fingerprint density at radius 1 is 1.36 bits per heavy atom. The zero-order valence-electron chi connectivity index (χ0n) is 13.0. The first-order chi connectivity index (χ1) is 10.7. The minimum absolute atomic E-state index is 0.126. The van der Waals surface area contributed by atoms with E-state index in [4.69, 9.17) is 0 Å². The molecule has 22 heavy (non-hydrogen) atoms. The van der Waals surface area contributed by atoms with E-state index in [1.165, 1.54) is 18.4 Å². The third kappa shape index (κ3) is 4.20. The van der Waals surface area contributed by atoms with E-state index >= 15 is 0 Å². The molecule has 4 heteroatoms. The average molecular weight is 297 g/mol. The fourth-order valence-corrected chi connectivity index (χ4v) is 2.79. The molecule has 1 fully saturated rings. The van der Waals surface area contributed by atoms with E-state index in [1.807, 2.05) is 30.1 Å². The number of carbonyl (C=O) groups is 1. The maximum atomic E-state index is 12.2. The van der Waals surface area contributed by atoms with Gasteiger partial charge in [0.1, 0.15) is 0 Å². The Morgan fingerprint density at radius 2 is 2.14 bits per heavy atom. The Hall–Kier alpha value is -2.10. The van der Waals surface area contributed by atoms with Crippen LogP contribution in [0.3, 0.4) is 0 Å². The second-order valence-corrected chi connectivity index (χ2v) is 6.23. The van der Waals surface area contributed by atoms with Crippen molar-refractivity contribution in [1.82, 2.24) is 15.1 Å². The number of nitrogens with zero attached hydrogens (tertiary/aromatic N) is 2. The number of benzene rings is 1. The lowest BCUT2D eigenvalue weighted by atomic mass is 10.0. The molecule has 1 aliphatic rings. The molecule has 116 valence electrons. The summed E-state index contributed by atoms with van der Waals surface area (Å²) in [5.41, 5.74) is 2.42. The highest BCUT2D eigenvalue weighted by Gasteiger charge is 2.32. The highest BCUT2D eigenvalue weighted by Crippen LogP contribution is 2.34. The van der Waals surface area contributed by atoms with E-state index in [-0.39, 0.29) is 11.9 Å². The summed E-state index contributed by atoms with van der Waals surface area (Å²) in [6.45, 7) is 2.65. The first-order valence-electron chi connectivity index (χ1n) is 8.03. The van der Waals surface area contributed by atoms with E-state index in [2.05, 4.69) is 34.7 Å². The van der Waals surface area contributed by atoms with Crippen LogP contribution in [0.2, 0.25) is 0 Å². The Morgan fingerprint density at radius 3 is 2.77 bits per heavy atom. The first kappa shape index (κ1) is 14.8. The van der Waals surface area contributed by atoms with E-state index in [0.717, 1.165) is 12.0 Å². The number of rotatable bonds is 7. The number of hydrogen-bond acceptors (Lipinski definition) is 2. The molecule has 0 aliphatic heterocycles. The van der Waals surface area contributed by atoms with Crippen LogP contribution in [-0.4, -0.2) is 21.7 Å². The van der Waals surface area contributed by atoms with Crippen molar-refractivity contribution in [3.63, 3.8) is 0 Å². The van der Waals surface area contributed by atoms with Crippen molar-refractivity contribution in [3.05, 3.63) is 53.9 Å². The quantitative estimate of drug-likeness (QED) is 0.854. The first-order valence-corrected chi connectivity index (χ1v) is 8.03. The number of aromatic nitrogens is 2. The van der Waals surface area contributed by atoms with E-state index in [1.54, 1.807) is 0 Å². The molecule has 0 saturated heterocycles. The smallest absolute Gasteiger partial charge is 0.222 e. The Labute approximate surface area is 131 Å². The van der Waals surface area contributed by atoms with Gasteiger partial charge < -0.3 is 5.32 Å². The minimum atomic E-state index is 0.126. The zero-order chi connectivity index (χ0) is 15.4. The van der Waals surface area contributed by atoms with Crippen LogP contribution < -0.4 is 5.32 Å². The van der Waals surface area contributed by atoms with Crippen LogP contribution in [-0.2, 0) is 17.8 Å². The molecule has 1 unspecified atom stereocenters. The van der Waals surface area contributed by atoms with Crippen LogP contribution in [0.15, 0.2) is 42.7 Å². The fraction of sp³-hybridized carbons (Fsp3) is 0.444. The molecule has 0 bridgehead atoms. The highest BCUT2D eigenvalue weighted by atomic mass is 16.1. The third-order valence-electron chi connectivity index (χ3n) is 4.17. The molecule has 0 spiro atoms. The van der Waals surface area contributed by atoms with E-state index < -0.39 is 0 Å². The molecule has 1 N–H and O–H groups in total. The van der Waals surface area contributed by atoms with Crippen molar-refractivity contribution in [2.45, 2.75) is 45.2 Å². The van der Waals surface area contributed by atoms with Crippen molar-refractivity contribution in [2.75, 3.05) is 0 Å². The predicted molar refractivity (Wildman–Crippen MR) is 86.4 cm³/mol. The average Bonchev–Trinajstić information content (AvgIpc) is 3.28. The van der Waals surface area contributed by atoms with Gasteiger partial charge in [0.2, 0.25) is 5.91 Å². The molecular weight excluding hydrogens is 274 g/mol. The molecule has 3 rings (SSSR count). The van der Waals surface area contributed by atoms with Gasteiger partial charge in [-0.1, -0.05) is 30.3 Å². The summed E-state index contributed by atoms with van der Waals surface area (Å²) in [6.07, 6.45) is 7.67. The predicted octanol–water partition coefficient (Wildman–Crippen LogP) is 2.72. The molecule has 1 aromatic heterocycles. The maximum Gasteiger partial charge on any atom is 0.222 e. The van der Waals surface area contributed by atoms with Crippen LogP contribution in [0.1, 0.15) is 30.4 Å². The zero-order valence-corrected chi connectivity index (χ0v) is 13.0. The lowest BCUT2D eigenvalue weighted by Crippen LogP contribution is -2.38. The summed E-state index contributed by atoms with van der Waals surface area (Å²) in [5, 5.41) is 7.44. The summed E-state index contributed by atoms with van der Waals surface area (Å²) in [4.78, 5) is 12.2. The van der Waals surface area contributed by atoms with Crippen LogP contribution in [0, 0.1) is 12.8 Å². The van der Waals surface area contributed by atoms with Gasteiger partial charge in [0.05, 0.1) is 6.20 Å². The van der Waals surface area contributed by atoms with Gasteiger partial charge in [0.25, 0.3) is 0 Å². The number of aryl methyl sites for hydroxylation is 2. The standard InChI is InChI=1S/C18H23N3O/c1-14-12-19-21(13-14)10-9-18(22)20-17(16-7-8-16)11-15-5-3-2-4-6-15/h2-6,12-13,16-17H,7-11H2,1H3,(H,20,22). The molecule has 4 nitrogen and oxygen atoms in total. The molecular formula is C18H23N3O. The van der Waals surface area contributed by atoms with Crippen LogP contribution in [0.5, 0.6) is 0 Å². The van der Waals surface area contributed by atoms with Crippen molar-refractivity contribution < 1.29 is 4.79 Å². The molecule has 1 atom stereocenters. The van der Waals surface area contributed by atoms with Crippen LogP contribution >= 0.6 is 0 Å². The Balaban J connectivity index is 1.51. The SMILES string of the molecule is Cc1cnn(CCC(=O)NC(Cc2ccccc2)C2CC2)c1. The van der Waals surface area contributed by atoms with Gasteiger partial charge >= 0.3 is 0 Å². The second kappa shape index (κ2) is 6.77. The molecule has 2 aromatic rings. The Bertz CT molecular complexity index is 616. The fourth-order valence-electron chi connectivity index (χ4n) is 2.79. The monoisotopic (exact) mass is 297 g/mol. The van der Waals surface area contributed by atoms with Gasteiger partial charge in [-0.15, -0.1) is 0 Å². The van der Waals surface area contributed by atoms with E-state index in [9.17, 15) is 4.79 Å². The molecule has 1 amide bonds. The van der Waals surface area contributed by atoms with Crippen LogP contribution in [0.4, 0.5) is 0 Å². The van der Waals surface area contributed by atoms with Gasteiger partial charge in [-0.3, -0.25) is 9.48 Å². The summed E-state index contributed by atoms with van der Waals surface area (Å²) in [6, 6.07) is 10.7. The van der Waals surface area contributed by atoms with Gasteiger partial charge in [-0.05, 0) is 43.2 Å². The van der Waals surface area contributed by atoms with Crippen molar-refractivity contribution in [1.29, 1.82) is 0 Å². The lowest BCUT2D eigenvalue weighted by Gasteiger charge is -2.18. The topological polar surface area (TPSA) is 46.9 Å². The van der Waals surface area contributed by atoms with Crippen LogP contribution in [0.25, 0.3) is 0 Å². The summed E-state index contributed by atoms with van der Waals surface area (Å²) < 4.78 is 1.83. The Kier molecular flexibility index (Phi) is 4.56. The van der Waals surface area contributed by atoms with E-state index in [0.29, 0.717) is 18.9 Å². The third-order valence-corrected chi connectivity index (χ3v) is 4.17. The molecule has 1 saturated carbocycles. The van der Waals surface area contributed by atoms with Gasteiger partial charge in [-0.2, -0.15) is 5.10 Å². The van der Waals surface area contributed by atoms with Gasteiger partial charge in [0, 0.05) is 25.2 Å². The molecule has 1 heterocycles. The summed E-state index contributed by atoms with van der Waals surface area (Å²) in [5.74, 6) is 0.775. The number of amides is 1. The summed E-state index contributed by atoms with van der Waals surface area (Å²) >= 11 is 0. The normalized spacial score (nSPS) is 15.5. The molecule has 1 aliphatic carbocycles. The molecule has 1 aromatic carbocycles. The van der Waals surface area contributed by atoms with Crippen molar-refractivity contribution >= 4 is 5.91 Å².